The maximum Gasteiger partial charge on any atom is 0.418 e. The number of nitrogens with zero attached hydrogens (tertiary/aromatic N) is 2. The van der Waals surface area contributed by atoms with Gasteiger partial charge in [-0.05, 0) is 37.3 Å². The molecule has 2 aromatic carbocycles. The molecular formula is C20H15F3N2O3S2. The van der Waals surface area contributed by atoms with E-state index in [4.69, 9.17) is 4.74 Å². The summed E-state index contributed by atoms with van der Waals surface area (Å²) in [5.41, 5.74) is -0.725. The molecule has 1 fully saturated rings. The van der Waals surface area contributed by atoms with Crippen LogP contribution in [0.15, 0.2) is 46.8 Å². The molecule has 0 spiro atoms. The zero-order valence-electron chi connectivity index (χ0n) is 15.6. The van der Waals surface area contributed by atoms with Gasteiger partial charge in [-0.3, -0.25) is 9.59 Å². The summed E-state index contributed by atoms with van der Waals surface area (Å²) in [5.74, 6) is -0.628. The molecule has 2 amide bonds. The van der Waals surface area contributed by atoms with E-state index in [-0.39, 0.29) is 6.42 Å². The zero-order chi connectivity index (χ0) is 21.5. The van der Waals surface area contributed by atoms with Gasteiger partial charge in [-0.25, -0.2) is 9.88 Å². The monoisotopic (exact) mass is 452 g/mol. The van der Waals surface area contributed by atoms with Crippen LogP contribution in [-0.2, 0) is 15.8 Å². The van der Waals surface area contributed by atoms with Crippen molar-refractivity contribution in [3.63, 3.8) is 0 Å². The molecule has 30 heavy (non-hydrogen) atoms. The van der Waals surface area contributed by atoms with Crippen LogP contribution in [-0.4, -0.2) is 28.7 Å². The third-order valence-corrected chi connectivity index (χ3v) is 6.75. The number of rotatable bonds is 5. The van der Waals surface area contributed by atoms with E-state index < -0.39 is 34.5 Å². The van der Waals surface area contributed by atoms with E-state index in [1.807, 2.05) is 13.0 Å². The first kappa shape index (κ1) is 20.7. The molecule has 1 aliphatic rings. The number of amides is 2. The first-order valence-electron chi connectivity index (χ1n) is 9.01. The number of halogens is 3. The number of carbonyl (C=O) groups excluding carboxylic acids is 2. The summed E-state index contributed by atoms with van der Waals surface area (Å²) in [6.07, 6.45) is -4.86. The zero-order valence-corrected chi connectivity index (χ0v) is 17.2. The van der Waals surface area contributed by atoms with Gasteiger partial charge in [0.2, 0.25) is 11.8 Å². The van der Waals surface area contributed by atoms with Gasteiger partial charge in [-0.15, -0.1) is 11.3 Å². The minimum Gasteiger partial charge on any atom is -0.494 e. The lowest BCUT2D eigenvalue weighted by molar-refractivity contribution is -0.137. The Labute approximate surface area is 177 Å². The lowest BCUT2D eigenvalue weighted by Gasteiger charge is -2.19. The highest BCUT2D eigenvalue weighted by molar-refractivity contribution is 8.02. The molecule has 3 aromatic rings. The lowest BCUT2D eigenvalue weighted by Crippen LogP contribution is -2.33. The molecule has 0 saturated carbocycles. The van der Waals surface area contributed by atoms with Crippen molar-refractivity contribution in [3.8, 4) is 5.75 Å². The van der Waals surface area contributed by atoms with E-state index in [9.17, 15) is 22.8 Å². The Bertz CT molecular complexity index is 1130. The normalized spacial score (nSPS) is 17.2. The second kappa shape index (κ2) is 7.92. The molecule has 5 nitrogen and oxygen atoms in total. The van der Waals surface area contributed by atoms with Crippen LogP contribution in [0.5, 0.6) is 5.75 Å². The topological polar surface area (TPSA) is 59.5 Å². The largest absolute Gasteiger partial charge is 0.494 e. The number of thioether (sulfide) groups is 1. The van der Waals surface area contributed by atoms with Crippen molar-refractivity contribution in [2.45, 2.75) is 29.1 Å². The predicted octanol–water partition coefficient (Wildman–Crippen LogP) is 5.14. The molecule has 4 rings (SSSR count). The number of carbonyl (C=O) groups is 2. The standard InChI is InChI=1S/C20H15F3N2O3S2/c1-2-28-11-7-8-13-15(9-11)29-19(24-13)30-16-10-17(26)25(18(16)27)14-6-4-3-5-12(14)20(21,22)23/h3-9,16H,2,10H2,1H3/t16-/m0/s1. The number of thiazole rings is 1. The summed E-state index contributed by atoms with van der Waals surface area (Å²) >= 11 is 2.43. The van der Waals surface area contributed by atoms with Crippen molar-refractivity contribution < 1.29 is 27.5 Å². The summed E-state index contributed by atoms with van der Waals surface area (Å²) in [7, 11) is 0. The van der Waals surface area contributed by atoms with Crippen LogP contribution in [0.2, 0.25) is 0 Å². The first-order valence-corrected chi connectivity index (χ1v) is 10.7. The number of anilines is 1. The Hall–Kier alpha value is -2.59. The fraction of sp³-hybridized carbons (Fsp3) is 0.250. The quantitative estimate of drug-likeness (QED) is 0.502. The minimum absolute atomic E-state index is 0.185. The molecule has 1 aromatic heterocycles. The first-order chi connectivity index (χ1) is 14.3. The van der Waals surface area contributed by atoms with E-state index in [1.54, 1.807) is 12.1 Å². The summed E-state index contributed by atoms with van der Waals surface area (Å²) in [6.45, 7) is 2.41. The molecule has 1 saturated heterocycles. The van der Waals surface area contributed by atoms with Crippen LogP contribution < -0.4 is 9.64 Å². The van der Waals surface area contributed by atoms with Gasteiger partial charge in [0, 0.05) is 6.42 Å². The Kier molecular flexibility index (Phi) is 5.46. The summed E-state index contributed by atoms with van der Waals surface area (Å²) < 4.78 is 46.9. The minimum atomic E-state index is -4.67. The maximum atomic E-state index is 13.3. The second-order valence-corrected chi connectivity index (χ2v) is 8.92. The van der Waals surface area contributed by atoms with Crippen molar-refractivity contribution >= 4 is 50.8 Å². The number of aromatic nitrogens is 1. The van der Waals surface area contributed by atoms with Crippen LogP contribution >= 0.6 is 23.1 Å². The maximum absolute atomic E-state index is 13.3. The van der Waals surface area contributed by atoms with Crippen molar-refractivity contribution in [1.82, 2.24) is 4.98 Å². The van der Waals surface area contributed by atoms with Crippen molar-refractivity contribution in [2.75, 3.05) is 11.5 Å². The third kappa shape index (κ3) is 3.89. The molecule has 0 aliphatic carbocycles. The van der Waals surface area contributed by atoms with E-state index in [0.717, 1.165) is 34.1 Å². The highest BCUT2D eigenvalue weighted by Gasteiger charge is 2.44. The number of hydrogen-bond acceptors (Lipinski definition) is 6. The number of imide groups is 1. The van der Waals surface area contributed by atoms with Gasteiger partial charge in [-0.1, -0.05) is 23.9 Å². The van der Waals surface area contributed by atoms with Crippen molar-refractivity contribution in [2.24, 2.45) is 0 Å². The Morgan fingerprint density at radius 3 is 2.73 bits per heavy atom. The van der Waals surface area contributed by atoms with Gasteiger partial charge in [0.15, 0.2) is 4.34 Å². The number of fused-ring (bicyclic) bond motifs is 1. The van der Waals surface area contributed by atoms with Crippen LogP contribution in [0.1, 0.15) is 18.9 Å². The number of hydrogen-bond donors (Lipinski definition) is 0. The SMILES string of the molecule is CCOc1ccc2nc(S[C@H]3CC(=O)N(c4ccccc4C(F)(F)F)C3=O)sc2c1. The molecule has 156 valence electrons. The molecule has 0 bridgehead atoms. The van der Waals surface area contributed by atoms with Crippen LogP contribution in [0.3, 0.4) is 0 Å². The molecule has 0 unspecified atom stereocenters. The summed E-state index contributed by atoms with van der Waals surface area (Å²) in [6, 6.07) is 10.0. The van der Waals surface area contributed by atoms with E-state index in [0.29, 0.717) is 21.6 Å². The summed E-state index contributed by atoms with van der Waals surface area (Å²) in [4.78, 5) is 30.4. The number of ether oxygens (including phenoxy) is 1. The molecule has 0 radical (unpaired) electrons. The van der Waals surface area contributed by atoms with Gasteiger partial charge < -0.3 is 4.74 Å². The summed E-state index contributed by atoms with van der Waals surface area (Å²) in [5, 5.41) is -0.828. The predicted molar refractivity (Wildman–Crippen MR) is 109 cm³/mol. The van der Waals surface area contributed by atoms with Gasteiger partial charge in [0.25, 0.3) is 0 Å². The van der Waals surface area contributed by atoms with E-state index in [1.165, 1.54) is 23.5 Å². The lowest BCUT2D eigenvalue weighted by atomic mass is 10.1. The van der Waals surface area contributed by atoms with Gasteiger partial charge in [-0.2, -0.15) is 13.2 Å². The number of benzene rings is 2. The molecule has 1 aliphatic heterocycles. The average Bonchev–Trinajstić information content (AvgIpc) is 3.21. The molecular weight excluding hydrogens is 437 g/mol. The molecule has 0 N–H and O–H groups in total. The molecule has 1 atom stereocenters. The average molecular weight is 452 g/mol. The van der Waals surface area contributed by atoms with Crippen LogP contribution in [0.4, 0.5) is 18.9 Å². The fourth-order valence-corrected chi connectivity index (χ4v) is 5.53. The van der Waals surface area contributed by atoms with E-state index >= 15 is 0 Å². The smallest absolute Gasteiger partial charge is 0.418 e. The van der Waals surface area contributed by atoms with E-state index in [2.05, 4.69) is 4.98 Å². The fourth-order valence-electron chi connectivity index (χ4n) is 3.17. The molecule has 2 heterocycles. The van der Waals surface area contributed by atoms with Crippen molar-refractivity contribution in [3.05, 3.63) is 48.0 Å². The Balaban J connectivity index is 1.59. The van der Waals surface area contributed by atoms with Gasteiger partial charge in [0.05, 0.1) is 28.1 Å². The Morgan fingerprint density at radius 2 is 2.00 bits per heavy atom. The number of alkyl halides is 3. The highest BCUT2D eigenvalue weighted by Crippen LogP contribution is 2.42. The van der Waals surface area contributed by atoms with Gasteiger partial charge >= 0.3 is 6.18 Å². The van der Waals surface area contributed by atoms with Gasteiger partial charge in [0.1, 0.15) is 11.0 Å². The highest BCUT2D eigenvalue weighted by atomic mass is 32.2. The molecule has 10 heteroatoms. The van der Waals surface area contributed by atoms with Crippen LogP contribution in [0, 0.1) is 0 Å². The number of para-hydroxylation sites is 1. The second-order valence-electron chi connectivity index (χ2n) is 6.44. The van der Waals surface area contributed by atoms with Crippen LogP contribution in [0.25, 0.3) is 10.2 Å². The van der Waals surface area contributed by atoms with Crippen molar-refractivity contribution in [1.29, 1.82) is 0 Å². The third-order valence-electron chi connectivity index (χ3n) is 4.45. The Morgan fingerprint density at radius 1 is 1.23 bits per heavy atom.